The van der Waals surface area contributed by atoms with Gasteiger partial charge < -0.3 is 0 Å². The van der Waals surface area contributed by atoms with Gasteiger partial charge in [-0.1, -0.05) is 30.3 Å². The molecule has 3 aromatic rings. The average Bonchev–Trinajstić information content (AvgIpc) is 2.96. The van der Waals surface area contributed by atoms with Gasteiger partial charge in [0.1, 0.15) is 22.0 Å². The summed E-state index contributed by atoms with van der Waals surface area (Å²) in [6, 6.07) is 11.1. The molecule has 4 nitrogen and oxygen atoms in total. The molecule has 2 heterocycles. The van der Waals surface area contributed by atoms with Gasteiger partial charge in [-0.25, -0.2) is 0 Å². The number of rotatable bonds is 3. The van der Waals surface area contributed by atoms with E-state index in [1.807, 2.05) is 36.8 Å². The number of hydrogen-bond donors (Lipinski definition) is 1. The van der Waals surface area contributed by atoms with Crippen LogP contribution in [0.4, 0.5) is 0 Å². The van der Waals surface area contributed by atoms with Crippen molar-refractivity contribution in [2.75, 3.05) is 6.26 Å². The van der Waals surface area contributed by atoms with Gasteiger partial charge in [0.05, 0.1) is 5.56 Å². The molecule has 0 spiro atoms. The minimum Gasteiger partial charge on any atom is -0.288 e. The summed E-state index contributed by atoms with van der Waals surface area (Å²) in [5.74, 6) is -0.120. The Kier molecular flexibility index (Phi) is 4.07. The van der Waals surface area contributed by atoms with E-state index in [0.717, 1.165) is 5.69 Å². The number of fused-ring (bicyclic) bond motifs is 1. The molecule has 6 heteroatoms. The molecule has 0 aliphatic carbocycles. The molecule has 0 aliphatic rings. The van der Waals surface area contributed by atoms with Crippen molar-refractivity contribution in [3.63, 3.8) is 0 Å². The second kappa shape index (κ2) is 6.03. The third kappa shape index (κ3) is 2.38. The largest absolute Gasteiger partial charge is 0.288 e. The van der Waals surface area contributed by atoms with Crippen LogP contribution in [0, 0.1) is 23.7 Å². The Morgan fingerprint density at radius 3 is 2.65 bits per heavy atom. The molecule has 2 aromatic heterocycles. The lowest BCUT2D eigenvalue weighted by molar-refractivity contribution is 0.103. The quantitative estimate of drug-likeness (QED) is 0.585. The lowest BCUT2D eigenvalue weighted by Gasteiger charge is -2.12. The lowest BCUT2D eigenvalue weighted by atomic mass is 10.0. The van der Waals surface area contributed by atoms with Crippen molar-refractivity contribution >= 4 is 33.7 Å². The molecule has 0 amide bonds. The molecule has 0 aliphatic heterocycles. The topological polar surface area (TPSA) is 69.1 Å². The second-order valence-corrected chi connectivity index (χ2v) is 6.63. The predicted octanol–water partition coefficient (Wildman–Crippen LogP) is 3.61. The highest BCUT2D eigenvalue weighted by molar-refractivity contribution is 7.98. The van der Waals surface area contributed by atoms with Crippen molar-refractivity contribution in [2.45, 2.75) is 11.8 Å². The van der Waals surface area contributed by atoms with Crippen LogP contribution in [0.3, 0.4) is 0 Å². The summed E-state index contributed by atoms with van der Waals surface area (Å²) in [5, 5.41) is 19.7. The van der Waals surface area contributed by atoms with Crippen LogP contribution >= 0.6 is 23.1 Å². The monoisotopic (exact) mass is 339 g/mol. The highest BCUT2D eigenvalue weighted by Crippen LogP contribution is 2.31. The lowest BCUT2D eigenvalue weighted by Crippen LogP contribution is -2.21. The maximum atomic E-state index is 13.0. The molecule has 23 heavy (non-hydrogen) atoms. The summed E-state index contributed by atoms with van der Waals surface area (Å²) < 4.78 is 1.68. The van der Waals surface area contributed by atoms with Gasteiger partial charge in [-0.3, -0.25) is 14.6 Å². The number of nitrogens with zero attached hydrogens (tertiary/aromatic N) is 2. The van der Waals surface area contributed by atoms with Gasteiger partial charge in [0.15, 0.2) is 5.78 Å². The number of thiazole rings is 1. The molecule has 0 fully saturated rings. The van der Waals surface area contributed by atoms with Crippen molar-refractivity contribution in [1.82, 2.24) is 4.40 Å². The van der Waals surface area contributed by atoms with Crippen LogP contribution < -0.4 is 5.49 Å². The van der Waals surface area contributed by atoms with Crippen LogP contribution in [0.2, 0.25) is 0 Å². The number of aromatic nitrogens is 1. The van der Waals surface area contributed by atoms with E-state index in [9.17, 15) is 10.1 Å². The van der Waals surface area contributed by atoms with Gasteiger partial charge in [0.2, 0.25) is 0 Å². The molecule has 0 unspecified atom stereocenters. The van der Waals surface area contributed by atoms with Crippen molar-refractivity contribution in [1.29, 1.82) is 10.7 Å². The SMILES string of the molecule is CSc1c(C#N)c(=N)n2c(C)csc2c1C(=O)c1ccccc1. The van der Waals surface area contributed by atoms with E-state index in [0.29, 0.717) is 20.9 Å². The van der Waals surface area contributed by atoms with Gasteiger partial charge in [-0.15, -0.1) is 23.1 Å². The van der Waals surface area contributed by atoms with Crippen LogP contribution in [-0.4, -0.2) is 16.4 Å². The van der Waals surface area contributed by atoms with Gasteiger partial charge in [0, 0.05) is 21.5 Å². The standard InChI is InChI=1S/C17H13N3OS2/c1-10-9-23-17-13(14(21)11-6-4-3-5-7-11)15(22-2)12(8-18)16(19)20(10)17/h3-7,9,19H,1-2H3. The highest BCUT2D eigenvalue weighted by Gasteiger charge is 2.23. The van der Waals surface area contributed by atoms with Crippen molar-refractivity contribution in [3.8, 4) is 6.07 Å². The number of nitrogens with one attached hydrogen (secondary N) is 1. The maximum absolute atomic E-state index is 13.0. The molecule has 1 aromatic carbocycles. The summed E-state index contributed by atoms with van der Waals surface area (Å²) in [6.45, 7) is 1.87. The number of hydrogen-bond acceptors (Lipinski definition) is 5. The van der Waals surface area contributed by atoms with E-state index < -0.39 is 0 Å². The first-order valence-electron chi connectivity index (χ1n) is 6.85. The summed E-state index contributed by atoms with van der Waals surface area (Å²) in [5.41, 5.74) is 2.32. The zero-order valence-electron chi connectivity index (χ0n) is 12.6. The zero-order chi connectivity index (χ0) is 16.6. The molecule has 0 saturated heterocycles. The van der Waals surface area contributed by atoms with Crippen LogP contribution in [0.1, 0.15) is 27.2 Å². The summed E-state index contributed by atoms with van der Waals surface area (Å²) in [6.07, 6.45) is 1.83. The van der Waals surface area contributed by atoms with Gasteiger partial charge in [-0.2, -0.15) is 5.26 Å². The molecule has 0 radical (unpaired) electrons. The van der Waals surface area contributed by atoms with Crippen molar-refractivity contribution in [3.05, 3.63) is 63.6 Å². The molecule has 0 bridgehead atoms. The number of benzene rings is 1. The normalized spacial score (nSPS) is 10.7. The van der Waals surface area contributed by atoms with E-state index in [-0.39, 0.29) is 16.8 Å². The molecule has 0 saturated carbocycles. The van der Waals surface area contributed by atoms with E-state index in [1.54, 1.807) is 16.5 Å². The van der Waals surface area contributed by atoms with Crippen molar-refractivity contribution < 1.29 is 4.79 Å². The number of pyridine rings is 1. The number of carbonyl (C=O) groups is 1. The second-order valence-electron chi connectivity index (χ2n) is 4.96. The number of thioether (sulfide) groups is 1. The predicted molar refractivity (Wildman–Crippen MR) is 92.2 cm³/mol. The van der Waals surface area contributed by atoms with Crippen LogP contribution in [0.15, 0.2) is 40.6 Å². The van der Waals surface area contributed by atoms with Crippen molar-refractivity contribution in [2.24, 2.45) is 0 Å². The zero-order valence-corrected chi connectivity index (χ0v) is 14.2. The first-order valence-corrected chi connectivity index (χ1v) is 8.95. The highest BCUT2D eigenvalue weighted by atomic mass is 32.2. The number of ketones is 1. The molecular formula is C17H13N3OS2. The Bertz CT molecular complexity index is 1010. The van der Waals surface area contributed by atoms with Crippen LogP contribution in [-0.2, 0) is 0 Å². The van der Waals surface area contributed by atoms with E-state index in [4.69, 9.17) is 5.41 Å². The molecule has 114 valence electrons. The molecule has 0 atom stereocenters. The summed E-state index contributed by atoms with van der Waals surface area (Å²) >= 11 is 2.76. The fraction of sp³-hybridized carbons (Fsp3) is 0.118. The Hall–Kier alpha value is -2.36. The van der Waals surface area contributed by atoms with Gasteiger partial charge in [-0.05, 0) is 13.2 Å². The smallest absolute Gasteiger partial charge is 0.197 e. The first-order chi connectivity index (χ1) is 11.1. The maximum Gasteiger partial charge on any atom is 0.197 e. The van der Waals surface area contributed by atoms with Crippen LogP contribution in [0.5, 0.6) is 0 Å². The molecule has 3 rings (SSSR count). The average molecular weight is 339 g/mol. The third-order valence-corrected chi connectivity index (χ3v) is 5.49. The van der Waals surface area contributed by atoms with E-state index in [2.05, 4.69) is 6.07 Å². The summed E-state index contributed by atoms with van der Waals surface area (Å²) in [7, 11) is 0. The third-order valence-electron chi connectivity index (χ3n) is 3.60. The number of aryl methyl sites for hydroxylation is 1. The van der Waals surface area contributed by atoms with Gasteiger partial charge in [0.25, 0.3) is 0 Å². The van der Waals surface area contributed by atoms with Crippen LogP contribution in [0.25, 0.3) is 4.83 Å². The summed E-state index contributed by atoms with van der Waals surface area (Å²) in [4.78, 5) is 14.3. The number of carbonyl (C=O) groups excluding carboxylic acids is 1. The van der Waals surface area contributed by atoms with E-state index in [1.165, 1.54) is 23.1 Å². The minimum atomic E-state index is -0.120. The molecular weight excluding hydrogens is 326 g/mol. The first kappa shape index (κ1) is 15.5. The fourth-order valence-corrected chi connectivity index (χ4v) is 4.38. The fourth-order valence-electron chi connectivity index (χ4n) is 2.54. The van der Waals surface area contributed by atoms with Gasteiger partial charge >= 0.3 is 0 Å². The Morgan fingerprint density at radius 2 is 2.04 bits per heavy atom. The Balaban J connectivity index is 2.45. The minimum absolute atomic E-state index is 0.120. The number of nitriles is 1. The molecule has 1 N–H and O–H groups in total. The Labute approximate surface area is 141 Å². The van der Waals surface area contributed by atoms with E-state index >= 15 is 0 Å². The Morgan fingerprint density at radius 1 is 1.35 bits per heavy atom.